The lowest BCUT2D eigenvalue weighted by molar-refractivity contribution is -0.127. The van der Waals surface area contributed by atoms with E-state index >= 15 is 0 Å². The van der Waals surface area contributed by atoms with Crippen LogP contribution in [0.15, 0.2) is 30.3 Å². The van der Waals surface area contributed by atoms with Gasteiger partial charge in [-0.25, -0.2) is 0 Å². The third-order valence-electron chi connectivity index (χ3n) is 5.07. The zero-order valence-electron chi connectivity index (χ0n) is 18.3. The van der Waals surface area contributed by atoms with Gasteiger partial charge in [-0.1, -0.05) is 31.5 Å². The molecule has 0 saturated carbocycles. The van der Waals surface area contributed by atoms with Crippen LogP contribution in [0.4, 0.5) is 0 Å². The standard InChI is InChI=1S/C24H33NO3/c1-14(2)20-13-21(16(4)12-23(20)27-8)18(6)25-24(26)19(7)28-22-10-9-15(3)11-17(22)5/h9-14,18-19H,1-8H3,(H,25,26)/t18-,19+/m0/s1. The van der Waals surface area contributed by atoms with Gasteiger partial charge in [-0.15, -0.1) is 0 Å². The Balaban J connectivity index is 2.14. The van der Waals surface area contributed by atoms with E-state index in [1.807, 2.05) is 45.9 Å². The van der Waals surface area contributed by atoms with Crippen LogP contribution in [0.5, 0.6) is 11.5 Å². The molecule has 2 aromatic carbocycles. The number of benzene rings is 2. The van der Waals surface area contributed by atoms with Crippen molar-refractivity contribution in [2.24, 2.45) is 0 Å². The predicted octanol–water partition coefficient (Wildman–Crippen LogP) is 5.39. The second-order valence-electron chi connectivity index (χ2n) is 7.86. The highest BCUT2D eigenvalue weighted by atomic mass is 16.5. The normalized spacial score (nSPS) is 13.2. The Labute approximate surface area is 169 Å². The minimum Gasteiger partial charge on any atom is -0.496 e. The Kier molecular flexibility index (Phi) is 7.11. The minimum atomic E-state index is -0.577. The number of rotatable bonds is 7. The van der Waals surface area contributed by atoms with Gasteiger partial charge in [0.1, 0.15) is 11.5 Å². The highest BCUT2D eigenvalue weighted by Crippen LogP contribution is 2.32. The molecule has 0 aliphatic carbocycles. The van der Waals surface area contributed by atoms with Crippen molar-refractivity contribution < 1.29 is 14.3 Å². The number of carbonyl (C=O) groups excluding carboxylic acids is 1. The van der Waals surface area contributed by atoms with Crippen molar-refractivity contribution in [3.8, 4) is 11.5 Å². The Bertz CT molecular complexity index is 842. The van der Waals surface area contributed by atoms with E-state index in [2.05, 4.69) is 31.3 Å². The number of amides is 1. The molecule has 0 heterocycles. The lowest BCUT2D eigenvalue weighted by atomic mass is 9.93. The molecule has 2 atom stereocenters. The van der Waals surface area contributed by atoms with Gasteiger partial charge >= 0.3 is 0 Å². The molecular formula is C24H33NO3. The maximum Gasteiger partial charge on any atom is 0.261 e. The molecule has 2 rings (SSSR count). The second-order valence-corrected chi connectivity index (χ2v) is 7.86. The third kappa shape index (κ3) is 5.06. The van der Waals surface area contributed by atoms with E-state index in [0.29, 0.717) is 5.92 Å². The van der Waals surface area contributed by atoms with Crippen LogP contribution in [-0.4, -0.2) is 19.1 Å². The summed E-state index contributed by atoms with van der Waals surface area (Å²) < 4.78 is 11.4. The van der Waals surface area contributed by atoms with Crippen molar-refractivity contribution in [2.75, 3.05) is 7.11 Å². The van der Waals surface area contributed by atoms with Gasteiger partial charge < -0.3 is 14.8 Å². The van der Waals surface area contributed by atoms with Gasteiger partial charge in [0.15, 0.2) is 6.10 Å². The van der Waals surface area contributed by atoms with Gasteiger partial charge in [0.2, 0.25) is 0 Å². The summed E-state index contributed by atoms with van der Waals surface area (Å²) in [6, 6.07) is 10.0. The van der Waals surface area contributed by atoms with Crippen LogP contribution in [0.1, 0.15) is 67.5 Å². The zero-order chi connectivity index (χ0) is 21.0. The molecule has 0 aliphatic heterocycles. The van der Waals surface area contributed by atoms with Crippen LogP contribution in [0.25, 0.3) is 0 Å². The quantitative estimate of drug-likeness (QED) is 0.697. The summed E-state index contributed by atoms with van der Waals surface area (Å²) in [6.07, 6.45) is -0.577. The lowest BCUT2D eigenvalue weighted by Gasteiger charge is -2.23. The van der Waals surface area contributed by atoms with Gasteiger partial charge in [-0.2, -0.15) is 0 Å². The van der Waals surface area contributed by atoms with Crippen molar-refractivity contribution in [2.45, 2.75) is 66.5 Å². The predicted molar refractivity (Wildman–Crippen MR) is 114 cm³/mol. The molecule has 2 aromatic rings. The Hall–Kier alpha value is -2.49. The van der Waals surface area contributed by atoms with Crippen molar-refractivity contribution in [3.63, 3.8) is 0 Å². The highest BCUT2D eigenvalue weighted by molar-refractivity contribution is 5.81. The summed E-state index contributed by atoms with van der Waals surface area (Å²) in [5.41, 5.74) is 5.53. The van der Waals surface area contributed by atoms with E-state index in [0.717, 1.165) is 33.8 Å². The fourth-order valence-corrected chi connectivity index (χ4v) is 3.39. The van der Waals surface area contributed by atoms with Crippen LogP contribution in [0.2, 0.25) is 0 Å². The van der Waals surface area contributed by atoms with E-state index < -0.39 is 6.10 Å². The number of hydrogen-bond acceptors (Lipinski definition) is 3. The van der Waals surface area contributed by atoms with Crippen LogP contribution in [0, 0.1) is 20.8 Å². The monoisotopic (exact) mass is 383 g/mol. The first-order valence-electron chi connectivity index (χ1n) is 9.86. The lowest BCUT2D eigenvalue weighted by Crippen LogP contribution is -2.38. The van der Waals surface area contributed by atoms with Gasteiger partial charge in [0, 0.05) is 0 Å². The van der Waals surface area contributed by atoms with Gasteiger partial charge in [0.25, 0.3) is 5.91 Å². The first-order valence-corrected chi connectivity index (χ1v) is 9.86. The molecule has 4 heteroatoms. The molecule has 0 fully saturated rings. The Morgan fingerprint density at radius 3 is 2.14 bits per heavy atom. The molecule has 1 amide bonds. The maximum atomic E-state index is 12.7. The maximum absolute atomic E-state index is 12.7. The van der Waals surface area contributed by atoms with Gasteiger partial charge in [-0.05, 0) is 81.0 Å². The van der Waals surface area contributed by atoms with Crippen molar-refractivity contribution >= 4 is 5.91 Å². The molecule has 0 saturated heterocycles. The molecule has 0 aliphatic rings. The summed E-state index contributed by atoms with van der Waals surface area (Å²) in [6.45, 7) is 14.1. The Morgan fingerprint density at radius 1 is 0.893 bits per heavy atom. The number of carbonyl (C=O) groups is 1. The van der Waals surface area contributed by atoms with E-state index in [-0.39, 0.29) is 11.9 Å². The average molecular weight is 384 g/mol. The molecule has 1 N–H and O–H groups in total. The van der Waals surface area contributed by atoms with Crippen LogP contribution >= 0.6 is 0 Å². The van der Waals surface area contributed by atoms with Crippen molar-refractivity contribution in [1.82, 2.24) is 5.32 Å². The third-order valence-corrected chi connectivity index (χ3v) is 5.07. The molecule has 0 radical (unpaired) electrons. The molecule has 0 bridgehead atoms. The summed E-state index contributed by atoms with van der Waals surface area (Å²) in [5, 5.41) is 3.09. The van der Waals surface area contributed by atoms with E-state index in [1.54, 1.807) is 14.0 Å². The number of methoxy groups -OCH3 is 1. The Morgan fingerprint density at radius 2 is 1.57 bits per heavy atom. The highest BCUT2D eigenvalue weighted by Gasteiger charge is 2.21. The number of aryl methyl sites for hydroxylation is 3. The van der Waals surface area contributed by atoms with Gasteiger partial charge in [0.05, 0.1) is 13.2 Å². The fraction of sp³-hybridized carbons (Fsp3) is 0.458. The minimum absolute atomic E-state index is 0.124. The summed E-state index contributed by atoms with van der Waals surface area (Å²) in [5.74, 6) is 1.84. The molecule has 4 nitrogen and oxygen atoms in total. The molecule has 0 spiro atoms. The topological polar surface area (TPSA) is 47.6 Å². The van der Waals surface area contributed by atoms with Crippen molar-refractivity contribution in [3.05, 3.63) is 58.1 Å². The van der Waals surface area contributed by atoms with E-state index in [4.69, 9.17) is 9.47 Å². The molecular weight excluding hydrogens is 350 g/mol. The number of nitrogens with one attached hydrogen (secondary N) is 1. The van der Waals surface area contributed by atoms with Crippen LogP contribution in [0.3, 0.4) is 0 Å². The van der Waals surface area contributed by atoms with E-state index in [9.17, 15) is 4.79 Å². The molecule has 152 valence electrons. The fourth-order valence-electron chi connectivity index (χ4n) is 3.39. The second kappa shape index (κ2) is 9.13. The van der Waals surface area contributed by atoms with Gasteiger partial charge in [-0.3, -0.25) is 4.79 Å². The summed E-state index contributed by atoms with van der Waals surface area (Å²) >= 11 is 0. The number of ether oxygens (including phenoxy) is 2. The number of hydrogen-bond donors (Lipinski definition) is 1. The smallest absolute Gasteiger partial charge is 0.261 e. The molecule has 28 heavy (non-hydrogen) atoms. The molecule has 0 unspecified atom stereocenters. The van der Waals surface area contributed by atoms with Crippen LogP contribution < -0.4 is 14.8 Å². The first kappa shape index (κ1) is 21.8. The average Bonchev–Trinajstić information content (AvgIpc) is 2.63. The van der Waals surface area contributed by atoms with Crippen LogP contribution in [-0.2, 0) is 4.79 Å². The van der Waals surface area contributed by atoms with Crippen molar-refractivity contribution in [1.29, 1.82) is 0 Å². The zero-order valence-corrected chi connectivity index (χ0v) is 18.3. The SMILES string of the molecule is COc1cc(C)c([C@H](C)NC(=O)[C@@H](C)Oc2ccc(C)cc2C)cc1C(C)C. The first-order chi connectivity index (χ1) is 13.1. The van der Waals surface area contributed by atoms with E-state index in [1.165, 1.54) is 5.56 Å². The molecule has 0 aromatic heterocycles. The largest absolute Gasteiger partial charge is 0.496 e. The summed E-state index contributed by atoms with van der Waals surface area (Å²) in [4.78, 5) is 12.7. The summed E-state index contributed by atoms with van der Waals surface area (Å²) in [7, 11) is 1.69.